The summed E-state index contributed by atoms with van der Waals surface area (Å²) in [7, 11) is 1.79. The molecule has 2 aliphatic heterocycles. The Morgan fingerprint density at radius 2 is 1.88 bits per heavy atom. The highest BCUT2D eigenvalue weighted by Gasteiger charge is 2.26. The Morgan fingerprint density at radius 1 is 1.16 bits per heavy atom. The van der Waals surface area contributed by atoms with Gasteiger partial charge in [-0.05, 0) is 63.5 Å². The molecule has 1 unspecified atom stereocenters. The highest BCUT2D eigenvalue weighted by Crippen LogP contribution is 2.23. The molecule has 0 radical (unpaired) electrons. The zero-order valence-electron chi connectivity index (χ0n) is 17.0. The zero-order valence-corrected chi connectivity index (χ0v) is 17.0. The summed E-state index contributed by atoms with van der Waals surface area (Å²) in [5, 5.41) is 3.52. The Hall–Kier alpha value is -0.810. The van der Waals surface area contributed by atoms with E-state index in [0.29, 0.717) is 0 Å². The fourth-order valence-corrected chi connectivity index (χ4v) is 4.14. The number of nitrogens with zero attached hydrogens (tertiary/aromatic N) is 3. The second-order valence-electron chi connectivity index (χ2n) is 8.20. The molecule has 5 nitrogen and oxygen atoms in total. The molecule has 0 spiro atoms. The third-order valence-electron chi connectivity index (χ3n) is 5.54. The molecule has 0 bridgehead atoms. The molecule has 0 aromatic rings. The Balaban J connectivity index is 1.78. The topological polar surface area (TPSA) is 40.1 Å². The molecule has 0 aliphatic carbocycles. The number of aliphatic imine (C=N–C) groups is 1. The van der Waals surface area contributed by atoms with Gasteiger partial charge in [-0.25, -0.2) is 0 Å². The van der Waals surface area contributed by atoms with Crippen molar-refractivity contribution in [2.75, 3.05) is 59.5 Å². The van der Waals surface area contributed by atoms with Crippen molar-refractivity contribution in [3.63, 3.8) is 0 Å². The average Bonchev–Trinajstić information content (AvgIpc) is 3.05. The van der Waals surface area contributed by atoms with E-state index in [4.69, 9.17) is 9.73 Å². The SMILES string of the molecule is CCNC(=NCC1CCN(CCOC)CC1)N1CCC(CC(C)C)C1. The van der Waals surface area contributed by atoms with Crippen LogP contribution in [0.15, 0.2) is 4.99 Å². The Bertz CT molecular complexity index is 391. The maximum absolute atomic E-state index is 5.19. The molecule has 0 amide bonds. The van der Waals surface area contributed by atoms with Crippen LogP contribution in [0.25, 0.3) is 0 Å². The van der Waals surface area contributed by atoms with Gasteiger partial charge in [-0.1, -0.05) is 13.8 Å². The van der Waals surface area contributed by atoms with Gasteiger partial charge in [0.1, 0.15) is 0 Å². The van der Waals surface area contributed by atoms with E-state index in [1.54, 1.807) is 7.11 Å². The fraction of sp³-hybridized carbons (Fsp3) is 0.950. The molecule has 0 saturated carbocycles. The number of likely N-dealkylation sites (tertiary alicyclic amines) is 2. The first-order valence-electron chi connectivity index (χ1n) is 10.4. The molecular formula is C20H40N4O. The van der Waals surface area contributed by atoms with Crippen molar-refractivity contribution in [1.29, 1.82) is 0 Å². The highest BCUT2D eigenvalue weighted by atomic mass is 16.5. The van der Waals surface area contributed by atoms with Crippen LogP contribution < -0.4 is 5.32 Å². The summed E-state index contributed by atoms with van der Waals surface area (Å²) in [6.07, 6.45) is 5.20. The van der Waals surface area contributed by atoms with Crippen molar-refractivity contribution < 1.29 is 4.74 Å². The standard InChI is InChI=1S/C20H40N4O/c1-5-21-20(24-11-8-19(16-24)14-17(2)3)22-15-18-6-9-23(10-7-18)12-13-25-4/h17-19H,5-16H2,1-4H3,(H,21,22). The van der Waals surface area contributed by atoms with E-state index in [1.807, 2.05) is 0 Å². The molecule has 5 heteroatoms. The van der Waals surface area contributed by atoms with E-state index in [0.717, 1.165) is 50.0 Å². The Morgan fingerprint density at radius 3 is 2.52 bits per heavy atom. The van der Waals surface area contributed by atoms with Crippen LogP contribution >= 0.6 is 0 Å². The van der Waals surface area contributed by atoms with E-state index in [9.17, 15) is 0 Å². The largest absolute Gasteiger partial charge is 0.383 e. The summed E-state index contributed by atoms with van der Waals surface area (Å²) in [6, 6.07) is 0. The summed E-state index contributed by atoms with van der Waals surface area (Å²) < 4.78 is 5.19. The predicted octanol–water partition coefficient (Wildman–Crippen LogP) is 2.68. The monoisotopic (exact) mass is 352 g/mol. The van der Waals surface area contributed by atoms with Crippen molar-refractivity contribution in [1.82, 2.24) is 15.1 Å². The number of hydrogen-bond donors (Lipinski definition) is 1. The number of ether oxygens (including phenoxy) is 1. The Labute approximate surface area is 155 Å². The van der Waals surface area contributed by atoms with Crippen molar-refractivity contribution >= 4 is 5.96 Å². The third-order valence-corrected chi connectivity index (χ3v) is 5.54. The van der Waals surface area contributed by atoms with Crippen molar-refractivity contribution in [3.05, 3.63) is 0 Å². The van der Waals surface area contributed by atoms with E-state index < -0.39 is 0 Å². The maximum atomic E-state index is 5.19. The minimum Gasteiger partial charge on any atom is -0.383 e. The number of hydrogen-bond acceptors (Lipinski definition) is 3. The van der Waals surface area contributed by atoms with Gasteiger partial charge < -0.3 is 19.9 Å². The quantitative estimate of drug-likeness (QED) is 0.539. The molecule has 25 heavy (non-hydrogen) atoms. The van der Waals surface area contributed by atoms with Crippen molar-refractivity contribution in [3.8, 4) is 0 Å². The molecule has 1 N–H and O–H groups in total. The number of piperidine rings is 1. The zero-order chi connectivity index (χ0) is 18.1. The van der Waals surface area contributed by atoms with Crippen LogP contribution in [0.3, 0.4) is 0 Å². The molecule has 2 heterocycles. The van der Waals surface area contributed by atoms with Gasteiger partial charge in [0.05, 0.1) is 6.61 Å². The molecule has 1 atom stereocenters. The summed E-state index contributed by atoms with van der Waals surface area (Å²) in [4.78, 5) is 10.0. The molecule has 2 saturated heterocycles. The minimum absolute atomic E-state index is 0.738. The van der Waals surface area contributed by atoms with Gasteiger partial charge in [0.2, 0.25) is 0 Å². The van der Waals surface area contributed by atoms with E-state index in [1.165, 1.54) is 51.9 Å². The van der Waals surface area contributed by atoms with Gasteiger partial charge >= 0.3 is 0 Å². The second-order valence-corrected chi connectivity index (χ2v) is 8.20. The molecule has 0 aromatic heterocycles. The van der Waals surface area contributed by atoms with Crippen LogP contribution in [0.2, 0.25) is 0 Å². The average molecular weight is 353 g/mol. The highest BCUT2D eigenvalue weighted by molar-refractivity contribution is 5.80. The van der Waals surface area contributed by atoms with Gasteiger partial charge in [-0.3, -0.25) is 4.99 Å². The van der Waals surface area contributed by atoms with Gasteiger partial charge in [0.15, 0.2) is 5.96 Å². The normalized spacial score (nSPS) is 23.6. The molecule has 146 valence electrons. The number of rotatable bonds is 8. The maximum Gasteiger partial charge on any atom is 0.193 e. The molecule has 2 fully saturated rings. The van der Waals surface area contributed by atoms with E-state index in [-0.39, 0.29) is 0 Å². The molecule has 2 aliphatic rings. The van der Waals surface area contributed by atoms with Crippen LogP contribution in [0.1, 0.15) is 46.5 Å². The number of nitrogens with one attached hydrogen (secondary N) is 1. The van der Waals surface area contributed by atoms with Crippen molar-refractivity contribution in [2.45, 2.75) is 46.5 Å². The summed E-state index contributed by atoms with van der Waals surface area (Å²) in [6.45, 7) is 15.4. The van der Waals surface area contributed by atoms with E-state index in [2.05, 4.69) is 35.9 Å². The second kappa shape index (κ2) is 11.0. The van der Waals surface area contributed by atoms with Crippen LogP contribution in [0, 0.1) is 17.8 Å². The van der Waals surface area contributed by atoms with Crippen molar-refractivity contribution in [2.24, 2.45) is 22.7 Å². The van der Waals surface area contributed by atoms with Crippen LogP contribution in [-0.2, 0) is 4.74 Å². The van der Waals surface area contributed by atoms with E-state index >= 15 is 0 Å². The lowest BCUT2D eigenvalue weighted by molar-refractivity contribution is 0.121. The fourth-order valence-electron chi connectivity index (χ4n) is 4.14. The molecule has 0 aromatic carbocycles. The first-order chi connectivity index (χ1) is 12.1. The lowest BCUT2D eigenvalue weighted by Gasteiger charge is -2.31. The number of methoxy groups -OCH3 is 1. The first-order valence-corrected chi connectivity index (χ1v) is 10.4. The minimum atomic E-state index is 0.738. The lowest BCUT2D eigenvalue weighted by Crippen LogP contribution is -2.41. The van der Waals surface area contributed by atoms with Crippen LogP contribution in [0.4, 0.5) is 0 Å². The molecular weight excluding hydrogens is 312 g/mol. The van der Waals surface area contributed by atoms with Gasteiger partial charge in [0, 0.05) is 39.8 Å². The summed E-state index contributed by atoms with van der Waals surface area (Å²) in [5.41, 5.74) is 0. The van der Waals surface area contributed by atoms with Gasteiger partial charge in [-0.2, -0.15) is 0 Å². The van der Waals surface area contributed by atoms with Gasteiger partial charge in [-0.15, -0.1) is 0 Å². The summed E-state index contributed by atoms with van der Waals surface area (Å²) in [5.74, 6) is 3.53. The van der Waals surface area contributed by atoms with Crippen LogP contribution in [-0.4, -0.2) is 75.3 Å². The molecule has 2 rings (SSSR count). The first kappa shape index (κ1) is 20.5. The van der Waals surface area contributed by atoms with Gasteiger partial charge in [0.25, 0.3) is 0 Å². The Kier molecular flexibility index (Phi) is 9.04. The smallest absolute Gasteiger partial charge is 0.193 e. The third kappa shape index (κ3) is 7.14. The number of guanidine groups is 1. The lowest BCUT2D eigenvalue weighted by atomic mass is 9.97. The van der Waals surface area contributed by atoms with Crippen LogP contribution in [0.5, 0.6) is 0 Å². The predicted molar refractivity (Wildman–Crippen MR) is 106 cm³/mol. The summed E-state index contributed by atoms with van der Waals surface area (Å²) >= 11 is 0.